The molecule has 3 aromatic rings. The zero-order valence-electron chi connectivity index (χ0n) is 21.0. The van der Waals surface area contributed by atoms with E-state index in [4.69, 9.17) is 14.5 Å². The summed E-state index contributed by atoms with van der Waals surface area (Å²) in [6.07, 6.45) is 6.59. The fourth-order valence-electron chi connectivity index (χ4n) is 5.58. The number of fused-ring (bicyclic) bond motifs is 1. The number of piperidine rings is 1. The Kier molecular flexibility index (Phi) is 6.85. The summed E-state index contributed by atoms with van der Waals surface area (Å²) in [5.41, 5.74) is 1.28. The van der Waals surface area contributed by atoms with Crippen molar-refractivity contribution in [2.24, 2.45) is 5.41 Å². The molecular weight excluding hydrogens is 456 g/mol. The van der Waals surface area contributed by atoms with Crippen LogP contribution in [0.15, 0.2) is 42.5 Å². The third-order valence-corrected chi connectivity index (χ3v) is 7.73. The van der Waals surface area contributed by atoms with Gasteiger partial charge in [-0.2, -0.15) is 4.98 Å². The van der Waals surface area contributed by atoms with Crippen molar-refractivity contribution in [3.05, 3.63) is 48.0 Å². The van der Waals surface area contributed by atoms with E-state index in [1.165, 1.54) is 18.4 Å². The predicted octanol–water partition coefficient (Wildman–Crippen LogP) is 4.24. The zero-order chi connectivity index (χ0) is 25.1. The van der Waals surface area contributed by atoms with Crippen molar-refractivity contribution in [1.29, 1.82) is 0 Å². The minimum atomic E-state index is -0.476. The van der Waals surface area contributed by atoms with Gasteiger partial charge in [-0.15, -0.1) is 0 Å². The fourth-order valence-corrected chi connectivity index (χ4v) is 5.58. The van der Waals surface area contributed by atoms with E-state index in [1.807, 2.05) is 18.2 Å². The Morgan fingerprint density at radius 1 is 1.06 bits per heavy atom. The molecule has 1 saturated carbocycles. The number of carbonyl (C=O) groups is 1. The van der Waals surface area contributed by atoms with Crippen molar-refractivity contribution in [2.75, 3.05) is 32.2 Å². The molecule has 1 aliphatic heterocycles. The summed E-state index contributed by atoms with van der Waals surface area (Å²) in [6, 6.07) is 14.0. The van der Waals surface area contributed by atoms with Gasteiger partial charge >= 0.3 is 0 Å². The molecule has 2 fully saturated rings. The van der Waals surface area contributed by atoms with Crippen molar-refractivity contribution < 1.29 is 19.4 Å². The Balaban J connectivity index is 1.39. The number of anilines is 1. The summed E-state index contributed by atoms with van der Waals surface area (Å²) >= 11 is 0. The van der Waals surface area contributed by atoms with Crippen LogP contribution in [-0.4, -0.2) is 54.3 Å². The molecule has 36 heavy (non-hydrogen) atoms. The zero-order valence-corrected chi connectivity index (χ0v) is 21.0. The summed E-state index contributed by atoms with van der Waals surface area (Å²) < 4.78 is 10.8. The minimum absolute atomic E-state index is 0.101. The fraction of sp³-hybridized carbons (Fsp3) is 0.464. The molecule has 0 atom stereocenters. The Morgan fingerprint density at radius 3 is 2.39 bits per heavy atom. The first-order chi connectivity index (χ1) is 17.5. The van der Waals surface area contributed by atoms with E-state index in [-0.39, 0.29) is 17.8 Å². The van der Waals surface area contributed by atoms with Crippen molar-refractivity contribution in [1.82, 2.24) is 15.3 Å². The van der Waals surface area contributed by atoms with Crippen LogP contribution in [0.4, 0.5) is 5.95 Å². The second-order valence-electron chi connectivity index (χ2n) is 9.96. The van der Waals surface area contributed by atoms with Gasteiger partial charge in [0.1, 0.15) is 0 Å². The summed E-state index contributed by atoms with van der Waals surface area (Å²) in [6.45, 7) is 1.26. The third kappa shape index (κ3) is 4.76. The highest BCUT2D eigenvalue weighted by molar-refractivity contribution is 5.88. The Labute approximate surface area is 211 Å². The highest BCUT2D eigenvalue weighted by Gasteiger charge is 2.42. The Morgan fingerprint density at radius 2 is 1.72 bits per heavy atom. The lowest BCUT2D eigenvalue weighted by Gasteiger charge is -2.41. The summed E-state index contributed by atoms with van der Waals surface area (Å²) in [4.78, 5) is 24.8. The molecule has 0 radical (unpaired) electrons. The number of nitrogens with zero attached hydrogens (tertiary/aromatic N) is 3. The van der Waals surface area contributed by atoms with E-state index in [0.29, 0.717) is 60.7 Å². The van der Waals surface area contributed by atoms with Crippen LogP contribution in [0.1, 0.15) is 44.1 Å². The van der Waals surface area contributed by atoms with Crippen LogP contribution in [0.2, 0.25) is 0 Å². The molecule has 0 unspecified atom stereocenters. The van der Waals surface area contributed by atoms with E-state index in [1.54, 1.807) is 26.4 Å². The van der Waals surface area contributed by atoms with Crippen LogP contribution in [0, 0.1) is 5.41 Å². The lowest BCUT2D eigenvalue weighted by Crippen LogP contribution is -2.52. The largest absolute Gasteiger partial charge is 0.493 e. The van der Waals surface area contributed by atoms with E-state index >= 15 is 0 Å². The normalized spacial score (nSPS) is 17.8. The van der Waals surface area contributed by atoms with E-state index < -0.39 is 5.41 Å². The number of carbonyl (C=O) groups excluding carboxylic acids is 1. The van der Waals surface area contributed by atoms with Crippen molar-refractivity contribution in [3.8, 4) is 17.4 Å². The van der Waals surface area contributed by atoms with Gasteiger partial charge in [0.25, 0.3) is 0 Å². The number of aromatic hydroxyl groups is 1. The molecule has 1 aromatic heterocycles. The van der Waals surface area contributed by atoms with Crippen molar-refractivity contribution >= 4 is 22.8 Å². The quantitative estimate of drug-likeness (QED) is 0.511. The molecule has 190 valence electrons. The standard InChI is InChI=1S/C28H34N4O4/c1-35-23-16-21-22(17-24(23)36-2)30-27(31-25(21)33)32-14-12-28(13-15-32,18-19-8-4-3-5-9-19)26(34)29-20-10-6-7-11-20/h3-5,8-9,16-17,20H,6-7,10-15,18H2,1-2H3,(H,29,34)(H,30,31,33). The molecular formula is C28H34N4O4. The lowest BCUT2D eigenvalue weighted by molar-refractivity contribution is -0.133. The van der Waals surface area contributed by atoms with Gasteiger partial charge in [-0.1, -0.05) is 43.2 Å². The first-order valence-electron chi connectivity index (χ1n) is 12.7. The van der Waals surface area contributed by atoms with Gasteiger partial charge in [0, 0.05) is 25.2 Å². The molecule has 0 spiro atoms. The van der Waals surface area contributed by atoms with Crippen LogP contribution in [-0.2, 0) is 11.2 Å². The number of methoxy groups -OCH3 is 2. The number of amides is 1. The highest BCUT2D eigenvalue weighted by Crippen LogP contribution is 2.39. The van der Waals surface area contributed by atoms with Gasteiger partial charge in [-0.3, -0.25) is 4.79 Å². The molecule has 1 saturated heterocycles. The SMILES string of the molecule is COc1cc2nc(N3CCC(Cc4ccccc4)(C(=O)NC4CCCC4)CC3)nc(O)c2cc1OC. The van der Waals surface area contributed by atoms with E-state index in [2.05, 4.69) is 27.3 Å². The second kappa shape index (κ2) is 10.2. The molecule has 8 heteroatoms. The molecule has 0 bridgehead atoms. The van der Waals surface area contributed by atoms with Gasteiger partial charge in [0.05, 0.1) is 30.5 Å². The van der Waals surface area contributed by atoms with Gasteiger partial charge < -0.3 is 24.8 Å². The number of nitrogens with one attached hydrogen (secondary N) is 1. The first kappa shape index (κ1) is 24.2. The average molecular weight is 491 g/mol. The van der Waals surface area contributed by atoms with Crippen LogP contribution in [0.3, 0.4) is 0 Å². The molecule has 2 aromatic carbocycles. The van der Waals surface area contributed by atoms with Crippen LogP contribution >= 0.6 is 0 Å². The maximum absolute atomic E-state index is 13.7. The number of hydrogen-bond donors (Lipinski definition) is 2. The predicted molar refractivity (Wildman–Crippen MR) is 139 cm³/mol. The van der Waals surface area contributed by atoms with Gasteiger partial charge in [0.15, 0.2) is 11.5 Å². The maximum Gasteiger partial charge on any atom is 0.229 e. The number of aromatic nitrogens is 2. The average Bonchev–Trinajstić information content (AvgIpc) is 3.42. The Bertz CT molecular complexity index is 1220. The van der Waals surface area contributed by atoms with Gasteiger partial charge in [-0.25, -0.2) is 4.98 Å². The molecule has 1 aliphatic carbocycles. The minimum Gasteiger partial charge on any atom is -0.493 e. The summed E-state index contributed by atoms with van der Waals surface area (Å²) in [7, 11) is 3.12. The topological polar surface area (TPSA) is 96.8 Å². The number of hydrogen-bond acceptors (Lipinski definition) is 7. The van der Waals surface area contributed by atoms with Gasteiger partial charge in [0.2, 0.25) is 17.7 Å². The monoisotopic (exact) mass is 490 g/mol. The molecule has 1 amide bonds. The van der Waals surface area contributed by atoms with E-state index in [0.717, 1.165) is 12.8 Å². The van der Waals surface area contributed by atoms with Crippen LogP contribution in [0.25, 0.3) is 10.9 Å². The number of ether oxygens (including phenoxy) is 2. The molecule has 2 N–H and O–H groups in total. The second-order valence-corrected chi connectivity index (χ2v) is 9.96. The Hall–Kier alpha value is -3.55. The molecule has 5 rings (SSSR count). The van der Waals surface area contributed by atoms with Crippen LogP contribution in [0.5, 0.6) is 17.4 Å². The third-order valence-electron chi connectivity index (χ3n) is 7.73. The number of rotatable bonds is 7. The molecule has 2 heterocycles. The highest BCUT2D eigenvalue weighted by atomic mass is 16.5. The smallest absolute Gasteiger partial charge is 0.229 e. The first-order valence-corrected chi connectivity index (χ1v) is 12.7. The number of benzene rings is 2. The van der Waals surface area contributed by atoms with Crippen molar-refractivity contribution in [2.45, 2.75) is 51.0 Å². The van der Waals surface area contributed by atoms with E-state index in [9.17, 15) is 9.90 Å². The summed E-state index contributed by atoms with van der Waals surface area (Å²) in [5, 5.41) is 14.5. The van der Waals surface area contributed by atoms with Crippen LogP contribution < -0.4 is 19.7 Å². The molecule has 8 nitrogen and oxygen atoms in total. The van der Waals surface area contributed by atoms with Crippen molar-refractivity contribution in [3.63, 3.8) is 0 Å². The van der Waals surface area contributed by atoms with Gasteiger partial charge in [-0.05, 0) is 43.7 Å². The maximum atomic E-state index is 13.7. The lowest BCUT2D eigenvalue weighted by atomic mass is 9.72. The summed E-state index contributed by atoms with van der Waals surface area (Å²) in [5.74, 6) is 1.57. The molecule has 2 aliphatic rings.